The van der Waals surface area contributed by atoms with E-state index < -0.39 is 0 Å². The fraction of sp³-hybridized carbons (Fsp3) is 0.632. The van der Waals surface area contributed by atoms with E-state index in [4.69, 9.17) is 9.47 Å². The summed E-state index contributed by atoms with van der Waals surface area (Å²) in [6.07, 6.45) is 0. The number of likely N-dealkylation sites (N-methyl/N-ethyl adjacent to an activating group) is 2. The number of rotatable bonds is 4. The standard InChI is InChI=1S/C19H31N5O2.HI/c1-20-19(21-12-16-14-22(2)7-8-23(16)3)24(4)13-15-5-6-17-18(11-15)26-10-9-25-17;/h5-6,11,16H,7-10,12-14H2,1-4H3,(H,20,21);1H. The lowest BCUT2D eigenvalue weighted by Gasteiger charge is -2.38. The van der Waals surface area contributed by atoms with Gasteiger partial charge in [-0.2, -0.15) is 0 Å². The van der Waals surface area contributed by atoms with Crippen molar-refractivity contribution in [2.45, 2.75) is 12.6 Å². The number of nitrogens with zero attached hydrogens (tertiary/aromatic N) is 4. The van der Waals surface area contributed by atoms with Crippen molar-refractivity contribution in [2.24, 2.45) is 4.99 Å². The Morgan fingerprint density at radius 3 is 2.70 bits per heavy atom. The van der Waals surface area contributed by atoms with Gasteiger partial charge in [-0.15, -0.1) is 24.0 Å². The third-order valence-corrected chi connectivity index (χ3v) is 5.08. The number of nitrogens with one attached hydrogen (secondary N) is 1. The largest absolute Gasteiger partial charge is 0.486 e. The summed E-state index contributed by atoms with van der Waals surface area (Å²) in [5.74, 6) is 2.56. The molecule has 1 aromatic carbocycles. The zero-order valence-electron chi connectivity index (χ0n) is 16.8. The van der Waals surface area contributed by atoms with Gasteiger partial charge < -0.3 is 24.6 Å². The van der Waals surface area contributed by atoms with Gasteiger partial charge in [0.1, 0.15) is 13.2 Å². The second kappa shape index (κ2) is 10.3. The van der Waals surface area contributed by atoms with Crippen LogP contribution in [0.25, 0.3) is 0 Å². The average Bonchev–Trinajstić information content (AvgIpc) is 2.65. The number of hydrogen-bond donors (Lipinski definition) is 1. The van der Waals surface area contributed by atoms with Gasteiger partial charge in [0.2, 0.25) is 0 Å². The van der Waals surface area contributed by atoms with Crippen molar-refractivity contribution >= 4 is 29.9 Å². The third-order valence-electron chi connectivity index (χ3n) is 5.08. The van der Waals surface area contributed by atoms with Crippen LogP contribution in [0.4, 0.5) is 0 Å². The normalized spacial score (nSPS) is 20.7. The summed E-state index contributed by atoms with van der Waals surface area (Å²) in [6, 6.07) is 6.62. The molecule has 1 atom stereocenters. The van der Waals surface area contributed by atoms with Crippen molar-refractivity contribution in [2.75, 3.05) is 67.6 Å². The molecule has 0 saturated carbocycles. The first-order valence-electron chi connectivity index (χ1n) is 9.26. The van der Waals surface area contributed by atoms with E-state index in [1.54, 1.807) is 0 Å². The highest BCUT2D eigenvalue weighted by Gasteiger charge is 2.22. The predicted molar refractivity (Wildman–Crippen MR) is 120 cm³/mol. The van der Waals surface area contributed by atoms with Gasteiger partial charge in [0.25, 0.3) is 0 Å². The molecule has 1 N–H and O–H groups in total. The van der Waals surface area contributed by atoms with Crippen molar-refractivity contribution in [1.29, 1.82) is 0 Å². The van der Waals surface area contributed by atoms with E-state index in [1.165, 1.54) is 5.56 Å². The highest BCUT2D eigenvalue weighted by Crippen LogP contribution is 2.31. The van der Waals surface area contributed by atoms with Crippen LogP contribution in [-0.2, 0) is 6.54 Å². The number of benzene rings is 1. The molecule has 1 saturated heterocycles. The Morgan fingerprint density at radius 1 is 1.22 bits per heavy atom. The molecule has 0 aromatic heterocycles. The van der Waals surface area contributed by atoms with Crippen molar-refractivity contribution in [3.05, 3.63) is 23.8 Å². The van der Waals surface area contributed by atoms with Crippen molar-refractivity contribution in [3.8, 4) is 11.5 Å². The van der Waals surface area contributed by atoms with Gasteiger partial charge in [-0.3, -0.25) is 9.89 Å². The summed E-state index contributed by atoms with van der Waals surface area (Å²) < 4.78 is 11.3. The Morgan fingerprint density at radius 2 is 1.96 bits per heavy atom. The molecule has 27 heavy (non-hydrogen) atoms. The summed E-state index contributed by atoms with van der Waals surface area (Å²) >= 11 is 0. The number of halogens is 1. The number of ether oxygens (including phenoxy) is 2. The minimum Gasteiger partial charge on any atom is -0.486 e. The monoisotopic (exact) mass is 489 g/mol. The van der Waals surface area contributed by atoms with Crippen LogP contribution in [0.2, 0.25) is 0 Å². The van der Waals surface area contributed by atoms with E-state index >= 15 is 0 Å². The predicted octanol–water partition coefficient (Wildman–Crippen LogP) is 1.33. The molecule has 8 heteroatoms. The molecular formula is C19H32IN5O2. The molecule has 0 radical (unpaired) electrons. The van der Waals surface area contributed by atoms with Crippen LogP contribution in [0, 0.1) is 0 Å². The first kappa shape index (κ1) is 22.0. The maximum atomic E-state index is 5.68. The fourth-order valence-corrected chi connectivity index (χ4v) is 3.45. The van der Waals surface area contributed by atoms with E-state index in [0.29, 0.717) is 19.3 Å². The fourth-order valence-electron chi connectivity index (χ4n) is 3.45. The van der Waals surface area contributed by atoms with Crippen molar-refractivity contribution < 1.29 is 9.47 Å². The Balaban J connectivity index is 0.00000261. The summed E-state index contributed by atoms with van der Waals surface area (Å²) in [4.78, 5) is 11.4. The Kier molecular flexibility index (Phi) is 8.43. The lowest BCUT2D eigenvalue weighted by Crippen LogP contribution is -2.55. The third kappa shape index (κ3) is 5.86. The molecule has 1 fully saturated rings. The first-order valence-corrected chi connectivity index (χ1v) is 9.26. The maximum Gasteiger partial charge on any atom is 0.193 e. The molecule has 2 aliphatic heterocycles. The second-order valence-electron chi connectivity index (χ2n) is 7.16. The molecule has 7 nitrogen and oxygen atoms in total. The molecule has 0 spiro atoms. The molecule has 152 valence electrons. The Labute approximate surface area is 179 Å². The highest BCUT2D eigenvalue weighted by molar-refractivity contribution is 14.0. The highest BCUT2D eigenvalue weighted by atomic mass is 127. The van der Waals surface area contributed by atoms with Gasteiger partial charge >= 0.3 is 0 Å². The van der Waals surface area contributed by atoms with Crippen LogP contribution >= 0.6 is 24.0 Å². The summed E-state index contributed by atoms with van der Waals surface area (Å²) in [7, 11) is 8.27. The van der Waals surface area contributed by atoms with Gasteiger partial charge in [-0.05, 0) is 31.8 Å². The zero-order valence-corrected chi connectivity index (χ0v) is 19.1. The summed E-state index contributed by atoms with van der Waals surface area (Å²) in [6.45, 7) is 6.19. The molecule has 1 aromatic rings. The topological polar surface area (TPSA) is 52.6 Å². The van der Waals surface area contributed by atoms with Gasteiger partial charge in [-0.1, -0.05) is 6.07 Å². The summed E-state index contributed by atoms with van der Waals surface area (Å²) in [5.41, 5.74) is 1.18. The van der Waals surface area contributed by atoms with Gasteiger partial charge in [0.15, 0.2) is 17.5 Å². The summed E-state index contributed by atoms with van der Waals surface area (Å²) in [5, 5.41) is 3.52. The van der Waals surface area contributed by atoms with Crippen LogP contribution in [0.15, 0.2) is 23.2 Å². The maximum absolute atomic E-state index is 5.68. The Bertz CT molecular complexity index is 643. The average molecular weight is 489 g/mol. The minimum absolute atomic E-state index is 0. The molecule has 0 aliphatic carbocycles. The first-order chi connectivity index (χ1) is 12.6. The van der Waals surface area contributed by atoms with Crippen LogP contribution < -0.4 is 14.8 Å². The zero-order chi connectivity index (χ0) is 18.5. The van der Waals surface area contributed by atoms with E-state index in [-0.39, 0.29) is 24.0 Å². The SMILES string of the molecule is CN=C(NCC1CN(C)CCN1C)N(C)Cc1ccc2c(c1)OCCO2.I. The molecule has 2 aliphatic rings. The quantitative estimate of drug-likeness (QED) is 0.392. The smallest absolute Gasteiger partial charge is 0.193 e. The second-order valence-corrected chi connectivity index (χ2v) is 7.16. The van der Waals surface area contributed by atoms with Crippen LogP contribution in [-0.4, -0.2) is 94.3 Å². The molecule has 3 rings (SSSR count). The lowest BCUT2D eigenvalue weighted by atomic mass is 10.2. The van der Waals surface area contributed by atoms with Crippen LogP contribution in [0.5, 0.6) is 11.5 Å². The molecule has 2 heterocycles. The molecule has 0 amide bonds. The van der Waals surface area contributed by atoms with E-state index in [1.807, 2.05) is 13.1 Å². The molecule has 1 unspecified atom stereocenters. The van der Waals surface area contributed by atoms with Crippen molar-refractivity contribution in [1.82, 2.24) is 20.0 Å². The van der Waals surface area contributed by atoms with Gasteiger partial charge in [0, 0.05) is 52.9 Å². The Hall–Kier alpha value is -1.26. The molecular weight excluding hydrogens is 457 g/mol. The van der Waals surface area contributed by atoms with Crippen LogP contribution in [0.3, 0.4) is 0 Å². The van der Waals surface area contributed by atoms with E-state index in [0.717, 1.165) is 50.2 Å². The minimum atomic E-state index is 0. The van der Waals surface area contributed by atoms with Gasteiger partial charge in [0.05, 0.1) is 0 Å². The number of piperazine rings is 1. The number of fused-ring (bicyclic) bond motifs is 1. The van der Waals surface area contributed by atoms with E-state index in [9.17, 15) is 0 Å². The van der Waals surface area contributed by atoms with Gasteiger partial charge in [-0.25, -0.2) is 0 Å². The number of hydrogen-bond acceptors (Lipinski definition) is 5. The van der Waals surface area contributed by atoms with Crippen LogP contribution in [0.1, 0.15) is 5.56 Å². The number of guanidine groups is 1. The number of aliphatic imine (C=N–C) groups is 1. The van der Waals surface area contributed by atoms with Crippen molar-refractivity contribution in [3.63, 3.8) is 0 Å². The lowest BCUT2D eigenvalue weighted by molar-refractivity contribution is 0.116. The van der Waals surface area contributed by atoms with E-state index in [2.05, 4.69) is 58.3 Å². The molecule has 0 bridgehead atoms.